The van der Waals surface area contributed by atoms with Crippen molar-refractivity contribution in [3.8, 4) is 0 Å². The summed E-state index contributed by atoms with van der Waals surface area (Å²) < 4.78 is 0. The van der Waals surface area contributed by atoms with Crippen molar-refractivity contribution in [2.75, 3.05) is 23.7 Å². The number of aliphatic hydroxyl groups is 2. The Morgan fingerprint density at radius 2 is 1.86 bits per heavy atom. The molecule has 1 saturated heterocycles. The molecule has 1 fully saturated rings. The summed E-state index contributed by atoms with van der Waals surface area (Å²) in [6, 6.07) is 2.91. The standard InChI is InChI=1S/C14H20N4O4/c19-13-14(20)16-12-9(8-17-4-2-1-3-5-17)6-10(18(21)22)7-11(12)15-13/h6-7,13-16,19-20H,1-5,8H2. The largest absolute Gasteiger partial charge is 0.369 e. The van der Waals surface area contributed by atoms with Gasteiger partial charge in [-0.1, -0.05) is 6.42 Å². The molecule has 0 amide bonds. The molecule has 22 heavy (non-hydrogen) atoms. The van der Waals surface area contributed by atoms with Crippen LogP contribution in [0.5, 0.6) is 0 Å². The van der Waals surface area contributed by atoms with Gasteiger partial charge in [-0.15, -0.1) is 0 Å². The van der Waals surface area contributed by atoms with E-state index in [1.165, 1.54) is 18.6 Å². The van der Waals surface area contributed by atoms with Gasteiger partial charge in [0.25, 0.3) is 5.69 Å². The van der Waals surface area contributed by atoms with E-state index in [9.17, 15) is 20.3 Å². The van der Waals surface area contributed by atoms with E-state index < -0.39 is 17.4 Å². The fourth-order valence-electron chi connectivity index (χ4n) is 3.02. The van der Waals surface area contributed by atoms with Crippen LogP contribution in [-0.4, -0.2) is 45.6 Å². The van der Waals surface area contributed by atoms with E-state index in [1.54, 1.807) is 0 Å². The third-order valence-electron chi connectivity index (χ3n) is 4.15. The molecule has 0 aromatic heterocycles. The predicted molar refractivity (Wildman–Crippen MR) is 81.5 cm³/mol. The number of non-ortho nitro benzene ring substituents is 1. The smallest absolute Gasteiger partial charge is 0.271 e. The normalized spacial score (nSPS) is 25.0. The Morgan fingerprint density at radius 3 is 2.55 bits per heavy atom. The highest BCUT2D eigenvalue weighted by atomic mass is 16.6. The maximum atomic E-state index is 11.1. The number of fused-ring (bicyclic) bond motifs is 1. The van der Waals surface area contributed by atoms with Crippen LogP contribution >= 0.6 is 0 Å². The number of likely N-dealkylation sites (tertiary alicyclic amines) is 1. The Hall–Kier alpha value is -1.90. The minimum atomic E-state index is -1.20. The number of hydrogen-bond acceptors (Lipinski definition) is 7. The van der Waals surface area contributed by atoms with Gasteiger partial charge in [-0.3, -0.25) is 15.0 Å². The number of hydrogen-bond donors (Lipinski definition) is 4. The molecule has 2 atom stereocenters. The average molecular weight is 308 g/mol. The van der Waals surface area contributed by atoms with Gasteiger partial charge >= 0.3 is 0 Å². The van der Waals surface area contributed by atoms with E-state index in [0.717, 1.165) is 31.5 Å². The molecule has 1 aromatic carbocycles. The minimum absolute atomic E-state index is 0.0244. The van der Waals surface area contributed by atoms with E-state index >= 15 is 0 Å². The second kappa shape index (κ2) is 6.07. The number of nitrogens with zero attached hydrogens (tertiary/aromatic N) is 2. The Labute approximate surface area is 127 Å². The zero-order valence-corrected chi connectivity index (χ0v) is 12.2. The van der Waals surface area contributed by atoms with Crippen LogP contribution in [0.3, 0.4) is 0 Å². The first-order chi connectivity index (χ1) is 10.5. The zero-order valence-electron chi connectivity index (χ0n) is 12.2. The highest BCUT2D eigenvalue weighted by molar-refractivity contribution is 5.78. The lowest BCUT2D eigenvalue weighted by atomic mass is 10.0. The summed E-state index contributed by atoms with van der Waals surface area (Å²) in [6.07, 6.45) is 1.13. The second-order valence-corrected chi connectivity index (χ2v) is 5.80. The number of aliphatic hydroxyl groups excluding tert-OH is 2. The highest BCUT2D eigenvalue weighted by Gasteiger charge is 2.28. The van der Waals surface area contributed by atoms with Crippen LogP contribution in [0.25, 0.3) is 0 Å². The van der Waals surface area contributed by atoms with E-state index in [4.69, 9.17) is 0 Å². The van der Waals surface area contributed by atoms with Gasteiger partial charge in [0, 0.05) is 18.7 Å². The lowest BCUT2D eigenvalue weighted by Gasteiger charge is -2.33. The number of anilines is 2. The third kappa shape index (κ3) is 2.99. The molecule has 1 aromatic rings. The molecular formula is C14H20N4O4. The Bertz CT molecular complexity index is 574. The lowest BCUT2D eigenvalue weighted by molar-refractivity contribution is -0.384. The lowest BCUT2D eigenvalue weighted by Crippen LogP contribution is -2.43. The van der Waals surface area contributed by atoms with Crippen LogP contribution in [0, 0.1) is 10.1 Å². The highest BCUT2D eigenvalue weighted by Crippen LogP contribution is 2.36. The summed E-state index contributed by atoms with van der Waals surface area (Å²) in [4.78, 5) is 12.9. The summed E-state index contributed by atoms with van der Waals surface area (Å²) in [5.74, 6) is 0. The first kappa shape index (κ1) is 15.0. The first-order valence-corrected chi connectivity index (χ1v) is 7.47. The van der Waals surface area contributed by atoms with Gasteiger partial charge in [0.15, 0.2) is 12.5 Å². The molecule has 4 N–H and O–H groups in total. The van der Waals surface area contributed by atoms with E-state index in [2.05, 4.69) is 15.5 Å². The Kier molecular flexibility index (Phi) is 4.14. The summed E-state index contributed by atoms with van der Waals surface area (Å²) in [5.41, 5.74) is 1.79. The van der Waals surface area contributed by atoms with Crippen LogP contribution in [0.15, 0.2) is 12.1 Å². The van der Waals surface area contributed by atoms with Gasteiger partial charge in [-0.2, -0.15) is 0 Å². The van der Waals surface area contributed by atoms with E-state index in [0.29, 0.717) is 17.9 Å². The van der Waals surface area contributed by atoms with Crippen LogP contribution < -0.4 is 10.6 Å². The number of nitro groups is 1. The van der Waals surface area contributed by atoms with Crippen molar-refractivity contribution in [1.29, 1.82) is 0 Å². The number of rotatable bonds is 3. The number of piperidine rings is 1. The summed E-state index contributed by atoms with van der Waals surface area (Å²) in [6.45, 7) is 2.52. The summed E-state index contributed by atoms with van der Waals surface area (Å²) in [7, 11) is 0. The molecule has 0 radical (unpaired) electrons. The molecule has 0 saturated carbocycles. The molecule has 0 aliphatic carbocycles. The first-order valence-electron chi connectivity index (χ1n) is 7.47. The van der Waals surface area contributed by atoms with Crippen molar-refractivity contribution in [2.45, 2.75) is 38.3 Å². The minimum Gasteiger partial charge on any atom is -0.369 e. The molecule has 2 heterocycles. The van der Waals surface area contributed by atoms with Gasteiger partial charge in [0.2, 0.25) is 0 Å². The molecule has 2 unspecified atom stereocenters. The molecule has 8 heteroatoms. The third-order valence-corrected chi connectivity index (χ3v) is 4.15. The molecule has 0 spiro atoms. The number of nitro benzene ring substituents is 1. The quantitative estimate of drug-likeness (QED) is 0.488. The molecule has 0 bridgehead atoms. The van der Waals surface area contributed by atoms with Gasteiger partial charge in [0.05, 0.1) is 16.3 Å². The Balaban J connectivity index is 1.94. The van der Waals surface area contributed by atoms with Crippen LogP contribution in [0.1, 0.15) is 24.8 Å². The molecule has 3 rings (SSSR count). The fourth-order valence-corrected chi connectivity index (χ4v) is 3.02. The zero-order chi connectivity index (χ0) is 15.7. The van der Waals surface area contributed by atoms with Crippen molar-refractivity contribution in [2.24, 2.45) is 0 Å². The van der Waals surface area contributed by atoms with Gasteiger partial charge < -0.3 is 20.8 Å². The van der Waals surface area contributed by atoms with E-state index in [1.807, 2.05) is 0 Å². The molecule has 8 nitrogen and oxygen atoms in total. The average Bonchev–Trinajstić information content (AvgIpc) is 2.50. The van der Waals surface area contributed by atoms with Gasteiger partial charge in [-0.25, -0.2) is 0 Å². The maximum absolute atomic E-state index is 11.1. The van der Waals surface area contributed by atoms with Crippen molar-refractivity contribution in [1.82, 2.24) is 4.90 Å². The summed E-state index contributed by atoms with van der Waals surface area (Å²) in [5, 5.41) is 36.1. The van der Waals surface area contributed by atoms with E-state index in [-0.39, 0.29) is 5.69 Å². The topological polar surface area (TPSA) is 111 Å². The van der Waals surface area contributed by atoms with Gasteiger partial charge in [-0.05, 0) is 31.5 Å². The number of benzene rings is 1. The second-order valence-electron chi connectivity index (χ2n) is 5.80. The SMILES string of the molecule is O=[N+]([O-])c1cc(CN2CCCCC2)c2c(c1)NC(O)C(O)N2. The number of nitrogens with one attached hydrogen (secondary N) is 2. The molecule has 120 valence electrons. The molecule has 2 aliphatic heterocycles. The van der Waals surface area contributed by atoms with Crippen molar-refractivity contribution in [3.05, 3.63) is 27.8 Å². The maximum Gasteiger partial charge on any atom is 0.271 e. The fraction of sp³-hybridized carbons (Fsp3) is 0.571. The summed E-state index contributed by atoms with van der Waals surface area (Å²) >= 11 is 0. The molecular weight excluding hydrogens is 288 g/mol. The van der Waals surface area contributed by atoms with Crippen LogP contribution in [-0.2, 0) is 6.54 Å². The van der Waals surface area contributed by atoms with Gasteiger partial charge in [0.1, 0.15) is 0 Å². The monoisotopic (exact) mass is 308 g/mol. The predicted octanol–water partition coefficient (Wildman–Crippen LogP) is 1.05. The van der Waals surface area contributed by atoms with Crippen molar-refractivity contribution >= 4 is 17.1 Å². The Morgan fingerprint density at radius 1 is 1.18 bits per heavy atom. The molecule has 2 aliphatic rings. The van der Waals surface area contributed by atoms with Crippen molar-refractivity contribution in [3.63, 3.8) is 0 Å². The van der Waals surface area contributed by atoms with Crippen LogP contribution in [0.4, 0.5) is 17.1 Å². The van der Waals surface area contributed by atoms with Crippen molar-refractivity contribution < 1.29 is 15.1 Å². The van der Waals surface area contributed by atoms with Crippen LogP contribution in [0.2, 0.25) is 0 Å².